The van der Waals surface area contributed by atoms with Gasteiger partial charge in [0.05, 0.1) is 6.54 Å². The highest BCUT2D eigenvalue weighted by molar-refractivity contribution is 4.65. The van der Waals surface area contributed by atoms with E-state index >= 15 is 0 Å². The normalized spacial score (nSPS) is 18.1. The molecule has 2 heteroatoms. The Bertz CT molecular complexity index is 248. The molecule has 0 aliphatic heterocycles. The Morgan fingerprint density at radius 2 is 2.00 bits per heavy atom. The zero-order chi connectivity index (χ0) is 10.3. The second kappa shape index (κ2) is 5.94. The van der Waals surface area contributed by atoms with Gasteiger partial charge in [-0.05, 0) is 18.8 Å². The first-order valence-corrected chi connectivity index (χ1v) is 6.47. The first-order chi connectivity index (χ1) is 7.45. The van der Waals surface area contributed by atoms with Crippen molar-refractivity contribution < 1.29 is 4.57 Å². The van der Waals surface area contributed by atoms with E-state index in [0.717, 1.165) is 5.92 Å². The van der Waals surface area contributed by atoms with Crippen LogP contribution >= 0.6 is 0 Å². The molecule has 1 aromatic heterocycles. The standard InChI is InChI=1S/C13H22N2/c1-2-6-13(7-3-1)8-4-5-10-15-11-9-14-12-15/h9,11-13H,1-8,10H2/p+1. The van der Waals surface area contributed by atoms with Crippen LogP contribution < -0.4 is 4.57 Å². The minimum atomic E-state index is 1.05. The van der Waals surface area contributed by atoms with E-state index in [1.54, 1.807) is 0 Å². The van der Waals surface area contributed by atoms with Crippen molar-refractivity contribution in [2.75, 3.05) is 0 Å². The number of aromatic amines is 1. The average Bonchev–Trinajstić information content (AvgIpc) is 2.79. The number of H-pyrrole nitrogens is 1. The highest BCUT2D eigenvalue weighted by atomic mass is 15.0. The molecule has 1 N–H and O–H groups in total. The number of aromatic nitrogens is 2. The van der Waals surface area contributed by atoms with Crippen LogP contribution in [0.25, 0.3) is 0 Å². The minimum Gasteiger partial charge on any atom is -0.250 e. The molecule has 0 amide bonds. The quantitative estimate of drug-likeness (QED) is 0.565. The van der Waals surface area contributed by atoms with E-state index in [-0.39, 0.29) is 0 Å². The van der Waals surface area contributed by atoms with Crippen molar-refractivity contribution in [3.63, 3.8) is 0 Å². The predicted molar refractivity (Wildman–Crippen MR) is 61.4 cm³/mol. The second-order valence-corrected chi connectivity index (χ2v) is 4.85. The average molecular weight is 207 g/mol. The molecule has 84 valence electrons. The fourth-order valence-electron chi connectivity index (χ4n) is 2.66. The summed E-state index contributed by atoms with van der Waals surface area (Å²) < 4.78 is 2.24. The van der Waals surface area contributed by atoms with Crippen LogP contribution in [-0.2, 0) is 6.54 Å². The minimum absolute atomic E-state index is 1.05. The van der Waals surface area contributed by atoms with E-state index in [0.29, 0.717) is 0 Å². The SMILES string of the molecule is c1c[n+](CCCCC2CCCCC2)c[nH]1. The van der Waals surface area contributed by atoms with Crippen LogP contribution in [-0.4, -0.2) is 4.98 Å². The molecular formula is C13H23N2+. The van der Waals surface area contributed by atoms with Crippen LogP contribution in [0.3, 0.4) is 0 Å². The molecule has 1 aliphatic carbocycles. The topological polar surface area (TPSA) is 19.7 Å². The van der Waals surface area contributed by atoms with Crippen molar-refractivity contribution in [3.8, 4) is 0 Å². The molecule has 1 heterocycles. The molecule has 2 rings (SSSR count). The molecule has 15 heavy (non-hydrogen) atoms. The Balaban J connectivity index is 1.54. The molecule has 1 saturated carbocycles. The van der Waals surface area contributed by atoms with Gasteiger partial charge in [0.1, 0.15) is 12.4 Å². The second-order valence-electron chi connectivity index (χ2n) is 4.85. The third kappa shape index (κ3) is 3.69. The monoisotopic (exact) mass is 207 g/mol. The summed E-state index contributed by atoms with van der Waals surface area (Å²) in [6.07, 6.45) is 17.8. The molecule has 2 nitrogen and oxygen atoms in total. The van der Waals surface area contributed by atoms with Crippen molar-refractivity contribution in [1.29, 1.82) is 0 Å². The van der Waals surface area contributed by atoms with Crippen LogP contribution in [0.4, 0.5) is 0 Å². The highest BCUT2D eigenvalue weighted by Gasteiger charge is 2.12. The maximum atomic E-state index is 3.08. The summed E-state index contributed by atoms with van der Waals surface area (Å²) in [5, 5.41) is 0. The number of aryl methyl sites for hydroxylation is 1. The van der Waals surface area contributed by atoms with Gasteiger partial charge in [-0.1, -0.05) is 38.5 Å². The Labute approximate surface area is 92.7 Å². The molecule has 0 saturated heterocycles. The predicted octanol–water partition coefficient (Wildman–Crippen LogP) is 3.05. The number of nitrogens with zero attached hydrogens (tertiary/aromatic N) is 1. The zero-order valence-corrected chi connectivity index (χ0v) is 9.62. The maximum absolute atomic E-state index is 3.08. The van der Waals surface area contributed by atoms with Gasteiger partial charge in [0.2, 0.25) is 6.33 Å². The van der Waals surface area contributed by atoms with Gasteiger partial charge in [0.25, 0.3) is 0 Å². The molecule has 1 fully saturated rings. The fourth-order valence-corrected chi connectivity index (χ4v) is 2.66. The van der Waals surface area contributed by atoms with E-state index in [2.05, 4.69) is 15.7 Å². The van der Waals surface area contributed by atoms with E-state index in [1.165, 1.54) is 57.9 Å². The maximum Gasteiger partial charge on any atom is 0.241 e. The lowest BCUT2D eigenvalue weighted by Gasteiger charge is -2.20. The number of unbranched alkanes of at least 4 members (excludes halogenated alkanes) is 1. The number of hydrogen-bond acceptors (Lipinski definition) is 0. The molecule has 0 unspecified atom stereocenters. The van der Waals surface area contributed by atoms with Gasteiger partial charge < -0.3 is 0 Å². The van der Waals surface area contributed by atoms with Crippen LogP contribution in [0.5, 0.6) is 0 Å². The van der Waals surface area contributed by atoms with Crippen molar-refractivity contribution in [2.24, 2.45) is 5.92 Å². The van der Waals surface area contributed by atoms with Gasteiger partial charge in [-0.25, -0.2) is 4.57 Å². The third-order valence-corrected chi connectivity index (χ3v) is 3.61. The van der Waals surface area contributed by atoms with Crippen LogP contribution in [0.1, 0.15) is 51.4 Å². The van der Waals surface area contributed by atoms with Crippen molar-refractivity contribution >= 4 is 0 Å². The molecule has 1 aliphatic rings. The van der Waals surface area contributed by atoms with Crippen molar-refractivity contribution in [1.82, 2.24) is 4.98 Å². The molecule has 0 atom stereocenters. The number of rotatable bonds is 5. The van der Waals surface area contributed by atoms with Gasteiger partial charge in [-0.2, -0.15) is 0 Å². The smallest absolute Gasteiger partial charge is 0.241 e. The van der Waals surface area contributed by atoms with Crippen molar-refractivity contribution in [3.05, 3.63) is 18.7 Å². The largest absolute Gasteiger partial charge is 0.250 e. The lowest BCUT2D eigenvalue weighted by molar-refractivity contribution is -0.696. The van der Waals surface area contributed by atoms with Crippen molar-refractivity contribution in [2.45, 2.75) is 57.9 Å². The zero-order valence-electron chi connectivity index (χ0n) is 9.62. The molecule has 0 radical (unpaired) electrons. The Morgan fingerprint density at radius 3 is 2.73 bits per heavy atom. The summed E-state index contributed by atoms with van der Waals surface area (Å²) in [4.78, 5) is 3.08. The molecular weight excluding hydrogens is 184 g/mol. The van der Waals surface area contributed by atoms with Gasteiger partial charge in [-0.3, -0.25) is 4.98 Å². The molecule has 0 bridgehead atoms. The van der Waals surface area contributed by atoms with Gasteiger partial charge >= 0.3 is 0 Å². The summed E-state index contributed by atoms with van der Waals surface area (Å²) in [5.41, 5.74) is 0. The third-order valence-electron chi connectivity index (χ3n) is 3.61. The Kier molecular flexibility index (Phi) is 4.24. The number of imidazole rings is 1. The van der Waals surface area contributed by atoms with Crippen LogP contribution in [0.15, 0.2) is 18.7 Å². The van der Waals surface area contributed by atoms with Crippen LogP contribution in [0, 0.1) is 5.92 Å². The van der Waals surface area contributed by atoms with E-state index in [1.807, 2.05) is 12.5 Å². The summed E-state index contributed by atoms with van der Waals surface area (Å²) >= 11 is 0. The number of hydrogen-bond donors (Lipinski definition) is 1. The van der Waals surface area contributed by atoms with E-state index in [4.69, 9.17) is 0 Å². The highest BCUT2D eigenvalue weighted by Crippen LogP contribution is 2.27. The van der Waals surface area contributed by atoms with Crippen LogP contribution in [0.2, 0.25) is 0 Å². The van der Waals surface area contributed by atoms with Gasteiger partial charge in [-0.15, -0.1) is 0 Å². The summed E-state index contributed by atoms with van der Waals surface area (Å²) in [5.74, 6) is 1.05. The summed E-state index contributed by atoms with van der Waals surface area (Å²) in [6.45, 7) is 1.18. The fraction of sp³-hybridized carbons (Fsp3) is 0.769. The Morgan fingerprint density at radius 1 is 1.13 bits per heavy atom. The lowest BCUT2D eigenvalue weighted by atomic mass is 9.86. The molecule has 0 spiro atoms. The molecule has 1 aromatic rings. The van der Waals surface area contributed by atoms with E-state index < -0.39 is 0 Å². The first-order valence-electron chi connectivity index (χ1n) is 6.47. The lowest BCUT2D eigenvalue weighted by Crippen LogP contribution is -2.30. The van der Waals surface area contributed by atoms with Gasteiger partial charge in [0, 0.05) is 0 Å². The number of nitrogens with one attached hydrogen (secondary N) is 1. The first kappa shape index (κ1) is 10.7. The Hall–Kier alpha value is -0.790. The van der Waals surface area contributed by atoms with E-state index in [9.17, 15) is 0 Å². The summed E-state index contributed by atoms with van der Waals surface area (Å²) in [7, 11) is 0. The van der Waals surface area contributed by atoms with Gasteiger partial charge in [0.15, 0.2) is 0 Å². The molecule has 0 aromatic carbocycles. The summed E-state index contributed by atoms with van der Waals surface area (Å²) in [6, 6.07) is 0.